The van der Waals surface area contributed by atoms with E-state index in [0.717, 1.165) is 34.3 Å². The minimum atomic E-state index is -0.250. The molecule has 0 bridgehead atoms. The number of nitrogens with one attached hydrogen (secondary N) is 1. The van der Waals surface area contributed by atoms with E-state index in [4.69, 9.17) is 4.74 Å². The number of benzene rings is 2. The Hall–Kier alpha value is -1.39. The second kappa shape index (κ2) is 7.57. The van der Waals surface area contributed by atoms with Crippen LogP contribution in [0.15, 0.2) is 46.9 Å². The van der Waals surface area contributed by atoms with Crippen molar-refractivity contribution >= 4 is 15.9 Å². The van der Waals surface area contributed by atoms with Crippen LogP contribution in [0.2, 0.25) is 0 Å². The van der Waals surface area contributed by atoms with Crippen LogP contribution in [-0.4, -0.2) is 13.7 Å². The molecular weight excluding hydrogens is 333 g/mol. The molecule has 2 aromatic carbocycles. The third kappa shape index (κ3) is 3.83. The number of hydrogen-bond donors (Lipinski definition) is 1. The first-order valence-electron chi connectivity index (χ1n) is 6.98. The average molecular weight is 352 g/mol. The number of methoxy groups -OCH3 is 1. The van der Waals surface area contributed by atoms with Crippen molar-refractivity contribution in [2.45, 2.75) is 19.4 Å². The average Bonchev–Trinajstić information content (AvgIpc) is 2.49. The van der Waals surface area contributed by atoms with Gasteiger partial charge >= 0.3 is 0 Å². The molecule has 0 aliphatic carbocycles. The van der Waals surface area contributed by atoms with Crippen molar-refractivity contribution in [2.24, 2.45) is 0 Å². The molecule has 0 heterocycles. The van der Waals surface area contributed by atoms with Gasteiger partial charge in [-0.05, 0) is 36.7 Å². The first kappa shape index (κ1) is 16.0. The Bertz CT molecular complexity index is 603. The summed E-state index contributed by atoms with van der Waals surface area (Å²) in [5.41, 5.74) is 2.04. The predicted molar refractivity (Wildman–Crippen MR) is 87.2 cm³/mol. The van der Waals surface area contributed by atoms with Crippen LogP contribution in [0.1, 0.15) is 30.5 Å². The van der Waals surface area contributed by atoms with Crippen molar-refractivity contribution in [2.75, 3.05) is 13.7 Å². The zero-order chi connectivity index (χ0) is 15.2. The van der Waals surface area contributed by atoms with Crippen molar-refractivity contribution in [3.05, 3.63) is 63.9 Å². The smallest absolute Gasteiger partial charge is 0.124 e. The molecule has 4 heteroatoms. The Labute approximate surface area is 133 Å². The van der Waals surface area contributed by atoms with E-state index in [1.807, 2.05) is 24.3 Å². The molecule has 0 aliphatic heterocycles. The lowest BCUT2D eigenvalue weighted by molar-refractivity contribution is 0.403. The predicted octanol–water partition coefficient (Wildman–Crippen LogP) is 4.69. The molecule has 1 atom stereocenters. The van der Waals surface area contributed by atoms with Crippen LogP contribution in [0.25, 0.3) is 0 Å². The molecule has 2 rings (SSSR count). The van der Waals surface area contributed by atoms with Gasteiger partial charge in [-0.2, -0.15) is 0 Å². The number of rotatable bonds is 6. The maximum Gasteiger partial charge on any atom is 0.124 e. The third-order valence-corrected chi connectivity index (χ3v) is 4.01. The highest BCUT2D eigenvalue weighted by atomic mass is 79.9. The van der Waals surface area contributed by atoms with Crippen LogP contribution in [0, 0.1) is 5.82 Å². The molecule has 0 saturated heterocycles. The normalized spacial score (nSPS) is 12.2. The summed E-state index contributed by atoms with van der Waals surface area (Å²) in [7, 11) is 1.66. The zero-order valence-electron chi connectivity index (χ0n) is 12.2. The molecule has 0 amide bonds. The van der Waals surface area contributed by atoms with E-state index in [0.29, 0.717) is 0 Å². The molecule has 2 aromatic rings. The van der Waals surface area contributed by atoms with Gasteiger partial charge in [-0.25, -0.2) is 4.39 Å². The number of halogens is 2. The molecule has 0 aromatic heterocycles. The molecule has 0 fully saturated rings. The summed E-state index contributed by atoms with van der Waals surface area (Å²) >= 11 is 3.46. The van der Waals surface area contributed by atoms with Gasteiger partial charge in [0.1, 0.15) is 11.6 Å². The first-order valence-corrected chi connectivity index (χ1v) is 7.78. The third-order valence-electron chi connectivity index (χ3n) is 3.32. The monoisotopic (exact) mass is 351 g/mol. The quantitative estimate of drug-likeness (QED) is 0.815. The van der Waals surface area contributed by atoms with Gasteiger partial charge in [0.2, 0.25) is 0 Å². The van der Waals surface area contributed by atoms with Gasteiger partial charge in [0.05, 0.1) is 13.2 Å². The lowest BCUT2D eigenvalue weighted by Gasteiger charge is -2.23. The standard InChI is InChI=1S/C17H19BrFNO/c1-3-10-20-17(13-9-8-12(19)11-15(13)18)14-6-4-5-7-16(14)21-2/h4-9,11,17,20H,3,10H2,1-2H3. The molecular formula is C17H19BrFNO. The van der Waals surface area contributed by atoms with E-state index in [2.05, 4.69) is 28.2 Å². The van der Waals surface area contributed by atoms with Gasteiger partial charge in [0, 0.05) is 10.0 Å². The fraction of sp³-hybridized carbons (Fsp3) is 0.294. The summed E-state index contributed by atoms with van der Waals surface area (Å²) in [6, 6.07) is 12.6. The van der Waals surface area contributed by atoms with E-state index in [-0.39, 0.29) is 11.9 Å². The summed E-state index contributed by atoms with van der Waals surface area (Å²) in [4.78, 5) is 0. The Balaban J connectivity index is 2.47. The van der Waals surface area contributed by atoms with Crippen LogP contribution in [0.4, 0.5) is 4.39 Å². The lowest BCUT2D eigenvalue weighted by Crippen LogP contribution is -2.24. The first-order chi connectivity index (χ1) is 10.2. The zero-order valence-corrected chi connectivity index (χ0v) is 13.8. The van der Waals surface area contributed by atoms with Crippen molar-refractivity contribution in [1.29, 1.82) is 0 Å². The molecule has 21 heavy (non-hydrogen) atoms. The van der Waals surface area contributed by atoms with Crippen molar-refractivity contribution in [1.82, 2.24) is 5.32 Å². The minimum absolute atomic E-state index is 0.0453. The van der Waals surface area contributed by atoms with E-state index in [1.165, 1.54) is 12.1 Å². The van der Waals surface area contributed by atoms with Crippen LogP contribution < -0.4 is 10.1 Å². The molecule has 2 nitrogen and oxygen atoms in total. The summed E-state index contributed by atoms with van der Waals surface area (Å²) in [5.74, 6) is 0.572. The van der Waals surface area contributed by atoms with E-state index < -0.39 is 0 Å². The summed E-state index contributed by atoms with van der Waals surface area (Å²) in [6.45, 7) is 2.98. The van der Waals surface area contributed by atoms with Crippen molar-refractivity contribution in [3.63, 3.8) is 0 Å². The SMILES string of the molecule is CCCNC(c1ccc(F)cc1Br)c1ccccc1OC. The number of ether oxygens (including phenoxy) is 1. The Kier molecular flexibility index (Phi) is 5.76. The van der Waals surface area contributed by atoms with Crippen LogP contribution >= 0.6 is 15.9 Å². The highest BCUT2D eigenvalue weighted by molar-refractivity contribution is 9.10. The summed E-state index contributed by atoms with van der Waals surface area (Å²) < 4.78 is 19.5. The Morgan fingerprint density at radius 1 is 1.19 bits per heavy atom. The largest absolute Gasteiger partial charge is 0.496 e. The highest BCUT2D eigenvalue weighted by Crippen LogP contribution is 2.34. The van der Waals surface area contributed by atoms with E-state index >= 15 is 0 Å². The fourth-order valence-electron chi connectivity index (χ4n) is 2.32. The molecule has 1 N–H and O–H groups in total. The fourth-order valence-corrected chi connectivity index (χ4v) is 2.90. The maximum absolute atomic E-state index is 13.3. The molecule has 0 aliphatic rings. The minimum Gasteiger partial charge on any atom is -0.496 e. The molecule has 0 saturated carbocycles. The lowest BCUT2D eigenvalue weighted by atomic mass is 9.97. The Morgan fingerprint density at radius 2 is 1.95 bits per heavy atom. The van der Waals surface area contributed by atoms with E-state index in [9.17, 15) is 4.39 Å². The van der Waals surface area contributed by atoms with Gasteiger partial charge in [-0.15, -0.1) is 0 Å². The number of para-hydroxylation sites is 1. The van der Waals surface area contributed by atoms with Gasteiger partial charge in [-0.3, -0.25) is 0 Å². The van der Waals surface area contributed by atoms with Crippen molar-refractivity contribution < 1.29 is 9.13 Å². The highest BCUT2D eigenvalue weighted by Gasteiger charge is 2.19. The van der Waals surface area contributed by atoms with E-state index in [1.54, 1.807) is 13.2 Å². The molecule has 112 valence electrons. The van der Waals surface area contributed by atoms with Crippen LogP contribution in [0.5, 0.6) is 5.75 Å². The van der Waals surface area contributed by atoms with Crippen LogP contribution in [0.3, 0.4) is 0 Å². The molecule has 0 spiro atoms. The van der Waals surface area contributed by atoms with Crippen LogP contribution in [-0.2, 0) is 0 Å². The van der Waals surface area contributed by atoms with Gasteiger partial charge in [0.25, 0.3) is 0 Å². The molecule has 0 radical (unpaired) electrons. The second-order valence-electron chi connectivity index (χ2n) is 4.79. The Morgan fingerprint density at radius 3 is 2.62 bits per heavy atom. The van der Waals surface area contributed by atoms with Gasteiger partial charge in [-0.1, -0.05) is 47.1 Å². The number of hydrogen-bond acceptors (Lipinski definition) is 2. The van der Waals surface area contributed by atoms with Gasteiger partial charge < -0.3 is 10.1 Å². The summed E-state index contributed by atoms with van der Waals surface area (Å²) in [5, 5.41) is 3.50. The van der Waals surface area contributed by atoms with Crippen molar-refractivity contribution in [3.8, 4) is 5.75 Å². The molecule has 1 unspecified atom stereocenters. The second-order valence-corrected chi connectivity index (χ2v) is 5.65. The maximum atomic E-state index is 13.3. The summed E-state index contributed by atoms with van der Waals surface area (Å²) in [6.07, 6.45) is 1.02. The van der Waals surface area contributed by atoms with Gasteiger partial charge in [0.15, 0.2) is 0 Å². The topological polar surface area (TPSA) is 21.3 Å².